The van der Waals surface area contributed by atoms with E-state index >= 15 is 0 Å². The third kappa shape index (κ3) is 3.94. The van der Waals surface area contributed by atoms with Crippen molar-refractivity contribution >= 4 is 29.1 Å². The highest BCUT2D eigenvalue weighted by Gasteiger charge is 2.13. The van der Waals surface area contributed by atoms with Crippen LogP contribution < -0.4 is 4.80 Å². The fraction of sp³-hybridized carbons (Fsp3) is 0. The minimum Gasteiger partial charge on any atom is -0.400 e. The molecule has 0 spiro atoms. The van der Waals surface area contributed by atoms with Crippen molar-refractivity contribution in [1.29, 1.82) is 0 Å². The minimum absolute atomic E-state index is 0.0945. The van der Waals surface area contributed by atoms with Crippen LogP contribution in [0.5, 0.6) is 0 Å². The van der Waals surface area contributed by atoms with Crippen LogP contribution in [0, 0.1) is 21.7 Å². The predicted molar refractivity (Wildman–Crippen MR) is 108 cm³/mol. The lowest BCUT2D eigenvalue weighted by Gasteiger charge is -2.04. The summed E-state index contributed by atoms with van der Waals surface area (Å²) in [7, 11) is 0. The van der Waals surface area contributed by atoms with E-state index in [4.69, 9.17) is 4.42 Å². The van der Waals surface area contributed by atoms with Crippen molar-refractivity contribution in [1.82, 2.24) is 4.68 Å². The Morgan fingerprint density at radius 1 is 1.03 bits per heavy atom. The molecule has 0 radical (unpaired) electrons. The third-order valence-electron chi connectivity index (χ3n) is 4.00. The topological polar surface area (TPSA) is 85.9 Å². The molecule has 0 aliphatic carbocycles. The van der Waals surface area contributed by atoms with E-state index in [0.717, 1.165) is 11.3 Å². The third-order valence-corrected chi connectivity index (χ3v) is 4.81. The van der Waals surface area contributed by atoms with E-state index in [-0.39, 0.29) is 21.8 Å². The normalized spacial score (nSPS) is 12.0. The monoisotopic (exact) mass is 426 g/mol. The molecule has 4 aromatic rings. The van der Waals surface area contributed by atoms with Crippen LogP contribution in [0.4, 0.5) is 20.4 Å². The van der Waals surface area contributed by atoms with Gasteiger partial charge in [0.05, 0.1) is 18.0 Å². The molecule has 0 saturated heterocycles. The molecule has 0 aliphatic heterocycles. The van der Waals surface area contributed by atoms with E-state index < -0.39 is 22.4 Å². The van der Waals surface area contributed by atoms with Crippen LogP contribution in [-0.2, 0) is 0 Å². The van der Waals surface area contributed by atoms with Gasteiger partial charge in [-0.2, -0.15) is 5.10 Å². The number of benzene rings is 2. The predicted octanol–water partition coefficient (Wildman–Crippen LogP) is 5.11. The van der Waals surface area contributed by atoms with Gasteiger partial charge >= 0.3 is 5.88 Å². The van der Waals surface area contributed by atoms with E-state index in [1.165, 1.54) is 41.2 Å². The Bertz CT molecular complexity index is 1320. The Morgan fingerprint density at radius 2 is 1.77 bits per heavy atom. The van der Waals surface area contributed by atoms with Crippen molar-refractivity contribution < 1.29 is 18.1 Å². The molecule has 4 rings (SSSR count). The summed E-state index contributed by atoms with van der Waals surface area (Å²) in [5.74, 6) is -1.30. The fourth-order valence-electron chi connectivity index (χ4n) is 2.61. The first kappa shape index (κ1) is 19.4. The molecule has 0 saturated carbocycles. The molecule has 0 fully saturated rings. The highest BCUT2D eigenvalue weighted by atomic mass is 32.1. The Hall–Kier alpha value is -3.92. The van der Waals surface area contributed by atoms with Crippen molar-refractivity contribution in [3.63, 3.8) is 0 Å². The number of thiazole rings is 1. The van der Waals surface area contributed by atoms with E-state index in [1.807, 2.05) is 0 Å². The summed E-state index contributed by atoms with van der Waals surface area (Å²) in [6.07, 6.45) is 1.24. The van der Waals surface area contributed by atoms with Gasteiger partial charge in [0, 0.05) is 10.9 Å². The van der Waals surface area contributed by atoms with Crippen LogP contribution in [0.1, 0.15) is 5.76 Å². The maximum absolute atomic E-state index is 14.4. The summed E-state index contributed by atoms with van der Waals surface area (Å²) < 4.78 is 34.8. The Kier molecular flexibility index (Phi) is 5.31. The maximum atomic E-state index is 14.4. The zero-order chi connectivity index (χ0) is 21.1. The second kappa shape index (κ2) is 8.21. The van der Waals surface area contributed by atoms with Crippen LogP contribution >= 0.6 is 11.3 Å². The van der Waals surface area contributed by atoms with E-state index in [2.05, 4.69) is 10.1 Å². The molecular weight excluding hydrogens is 414 g/mol. The van der Waals surface area contributed by atoms with Crippen LogP contribution in [0.25, 0.3) is 11.3 Å². The van der Waals surface area contributed by atoms with Gasteiger partial charge in [-0.25, -0.2) is 18.4 Å². The van der Waals surface area contributed by atoms with Crippen molar-refractivity contribution in [3.8, 4) is 11.3 Å². The second-order valence-electron chi connectivity index (χ2n) is 5.94. The molecule has 2 heterocycles. The van der Waals surface area contributed by atoms with Crippen LogP contribution in [0.3, 0.4) is 0 Å². The van der Waals surface area contributed by atoms with E-state index in [1.54, 1.807) is 35.7 Å². The molecule has 0 bridgehead atoms. The first-order valence-corrected chi connectivity index (χ1v) is 9.44. The van der Waals surface area contributed by atoms with Gasteiger partial charge in [-0.3, -0.25) is 10.1 Å². The van der Waals surface area contributed by atoms with Crippen LogP contribution in [0.2, 0.25) is 0 Å². The first-order chi connectivity index (χ1) is 14.5. The first-order valence-electron chi connectivity index (χ1n) is 8.56. The Balaban J connectivity index is 1.85. The number of para-hydroxylation sites is 1. The van der Waals surface area contributed by atoms with Crippen LogP contribution in [0.15, 0.2) is 80.6 Å². The molecule has 30 heavy (non-hydrogen) atoms. The standard InChI is InChI=1S/C20H12F2N4O3S/c21-15-6-2-1-5-14(15)18-12-30-20(24-17-8-4-3-7-16(17)22)25(18)23-11-13-9-10-19(29-13)26(27)28/h1-12H. The van der Waals surface area contributed by atoms with Gasteiger partial charge in [0.15, 0.2) is 5.76 Å². The summed E-state index contributed by atoms with van der Waals surface area (Å²) in [6.45, 7) is 0. The second-order valence-corrected chi connectivity index (χ2v) is 6.77. The van der Waals surface area contributed by atoms with Gasteiger partial charge in [0.2, 0.25) is 4.80 Å². The number of rotatable bonds is 5. The number of nitro groups is 1. The number of nitrogens with zero attached hydrogens (tertiary/aromatic N) is 4. The van der Waals surface area contributed by atoms with E-state index in [9.17, 15) is 18.9 Å². The molecular formula is C20H12F2N4O3S. The number of aromatic nitrogens is 1. The summed E-state index contributed by atoms with van der Waals surface area (Å²) in [5.41, 5.74) is 0.744. The lowest BCUT2D eigenvalue weighted by atomic mass is 10.1. The quantitative estimate of drug-likeness (QED) is 0.252. The molecule has 10 heteroatoms. The SMILES string of the molecule is O=[N+]([O-])c1ccc(C=Nn2c(-c3ccccc3F)csc2=Nc2ccccc2F)o1. The van der Waals surface area contributed by atoms with Gasteiger partial charge in [0.1, 0.15) is 22.2 Å². The van der Waals surface area contributed by atoms with Gasteiger partial charge in [-0.15, -0.1) is 11.3 Å². The fourth-order valence-corrected chi connectivity index (χ4v) is 3.45. The number of hydrogen-bond donors (Lipinski definition) is 0. The van der Waals surface area contributed by atoms with Gasteiger partial charge < -0.3 is 4.42 Å². The molecule has 0 unspecified atom stereocenters. The number of hydrogen-bond acceptors (Lipinski definition) is 6. The smallest absolute Gasteiger partial charge is 0.400 e. The molecule has 0 aliphatic rings. The Morgan fingerprint density at radius 3 is 2.47 bits per heavy atom. The lowest BCUT2D eigenvalue weighted by Crippen LogP contribution is -2.12. The lowest BCUT2D eigenvalue weighted by molar-refractivity contribution is -0.402. The summed E-state index contributed by atoms with van der Waals surface area (Å²) >= 11 is 1.14. The molecule has 7 nitrogen and oxygen atoms in total. The number of furan rings is 1. The van der Waals surface area contributed by atoms with Crippen molar-refractivity contribution in [2.24, 2.45) is 10.1 Å². The zero-order valence-corrected chi connectivity index (χ0v) is 15.9. The maximum Gasteiger partial charge on any atom is 0.433 e. The molecule has 2 aromatic heterocycles. The van der Waals surface area contributed by atoms with Crippen LogP contribution in [-0.4, -0.2) is 15.8 Å². The summed E-state index contributed by atoms with van der Waals surface area (Å²) in [5, 5.41) is 16.7. The van der Waals surface area contributed by atoms with Gasteiger partial charge in [-0.1, -0.05) is 24.3 Å². The van der Waals surface area contributed by atoms with Crippen molar-refractivity contribution in [2.75, 3.05) is 0 Å². The molecule has 0 amide bonds. The summed E-state index contributed by atoms with van der Waals surface area (Å²) in [4.78, 5) is 14.7. The molecule has 0 atom stereocenters. The molecule has 150 valence electrons. The molecule has 0 N–H and O–H groups in total. The minimum atomic E-state index is -0.668. The highest BCUT2D eigenvalue weighted by molar-refractivity contribution is 7.07. The van der Waals surface area contributed by atoms with Gasteiger partial charge in [0.25, 0.3) is 0 Å². The van der Waals surface area contributed by atoms with Crippen molar-refractivity contribution in [2.45, 2.75) is 0 Å². The number of halogens is 2. The van der Waals surface area contributed by atoms with Gasteiger partial charge in [-0.05, 0) is 30.3 Å². The largest absolute Gasteiger partial charge is 0.433 e. The highest BCUT2D eigenvalue weighted by Crippen LogP contribution is 2.24. The van der Waals surface area contributed by atoms with E-state index in [0.29, 0.717) is 5.69 Å². The average Bonchev–Trinajstić information content (AvgIpc) is 3.36. The average molecular weight is 426 g/mol. The van der Waals surface area contributed by atoms with Crippen molar-refractivity contribution in [3.05, 3.63) is 98.4 Å². The molecule has 2 aromatic carbocycles. The summed E-state index contributed by atoms with van der Waals surface area (Å²) in [6, 6.07) is 14.7. The zero-order valence-electron chi connectivity index (χ0n) is 15.1. The Labute approximate surface area is 172 Å².